The molecule has 0 radical (unpaired) electrons. The van der Waals surface area contributed by atoms with Crippen LogP contribution in [0.15, 0.2) is 24.5 Å². The number of rotatable bonds is 4. The van der Waals surface area contributed by atoms with Gasteiger partial charge in [0.1, 0.15) is 11.9 Å². The first-order valence-electron chi connectivity index (χ1n) is 10.9. The van der Waals surface area contributed by atoms with Crippen LogP contribution in [0.2, 0.25) is 0 Å². The lowest BCUT2D eigenvalue weighted by atomic mass is 10.1. The normalized spacial score (nSPS) is 25.2. The Kier molecular flexibility index (Phi) is 4.85. The van der Waals surface area contributed by atoms with Crippen LogP contribution in [-0.2, 0) is 9.59 Å². The van der Waals surface area contributed by atoms with Crippen LogP contribution in [0.25, 0.3) is 5.65 Å². The van der Waals surface area contributed by atoms with Gasteiger partial charge in [-0.15, -0.1) is 5.10 Å². The molecule has 4 heterocycles. The Balaban J connectivity index is 1.21. The Morgan fingerprint density at radius 1 is 1.00 bits per heavy atom. The second kappa shape index (κ2) is 7.65. The molecular weight excluding hydrogens is 368 g/mol. The standard InChI is InChI=1S/C21H28N6O2/c28-20(15-4-1-2-5-15)26-11-3-6-17(26)21(29)25-12-9-16(14-25)23-18-7-8-19-22-10-13-27(19)24-18/h7-8,10,13,15-17H,1-6,9,11-12,14H2,(H,23,24). The van der Waals surface area contributed by atoms with Crippen LogP contribution in [0.5, 0.6) is 0 Å². The molecule has 2 aromatic heterocycles. The van der Waals surface area contributed by atoms with Gasteiger partial charge in [0.2, 0.25) is 11.8 Å². The first-order chi connectivity index (χ1) is 14.2. The molecular formula is C21H28N6O2. The van der Waals surface area contributed by atoms with Crippen molar-refractivity contribution in [2.45, 2.75) is 57.0 Å². The predicted molar refractivity (Wildman–Crippen MR) is 108 cm³/mol. The third kappa shape index (κ3) is 3.56. The van der Waals surface area contributed by atoms with Crippen LogP contribution in [0.4, 0.5) is 5.82 Å². The van der Waals surface area contributed by atoms with Crippen molar-refractivity contribution in [3.8, 4) is 0 Å². The number of aromatic nitrogens is 3. The SMILES string of the molecule is O=C(C1CCCN1C(=O)C1CCCC1)N1CCC(Nc2ccc3nccn3n2)C1. The Bertz CT molecular complexity index is 905. The number of anilines is 1. The van der Waals surface area contributed by atoms with Crippen molar-refractivity contribution in [3.05, 3.63) is 24.5 Å². The van der Waals surface area contributed by atoms with E-state index in [1.165, 1.54) is 0 Å². The van der Waals surface area contributed by atoms with E-state index in [1.807, 2.05) is 28.1 Å². The van der Waals surface area contributed by atoms with E-state index in [9.17, 15) is 9.59 Å². The Labute approximate surface area is 170 Å². The average Bonchev–Trinajstić information content (AvgIpc) is 3.54. The van der Waals surface area contributed by atoms with Gasteiger partial charge in [-0.25, -0.2) is 9.50 Å². The lowest BCUT2D eigenvalue weighted by molar-refractivity contribution is -0.145. The predicted octanol–water partition coefficient (Wildman–Crippen LogP) is 1.92. The van der Waals surface area contributed by atoms with E-state index in [1.54, 1.807) is 10.7 Å². The van der Waals surface area contributed by atoms with Gasteiger partial charge >= 0.3 is 0 Å². The first-order valence-corrected chi connectivity index (χ1v) is 10.9. The van der Waals surface area contributed by atoms with Crippen molar-refractivity contribution in [1.29, 1.82) is 0 Å². The fraction of sp³-hybridized carbons (Fsp3) is 0.619. The summed E-state index contributed by atoms with van der Waals surface area (Å²) in [6.07, 6.45) is 10.4. The zero-order valence-electron chi connectivity index (χ0n) is 16.7. The van der Waals surface area contributed by atoms with Crippen LogP contribution < -0.4 is 5.32 Å². The van der Waals surface area contributed by atoms with E-state index in [0.717, 1.165) is 69.5 Å². The molecule has 2 aromatic rings. The molecule has 1 aliphatic carbocycles. The summed E-state index contributed by atoms with van der Waals surface area (Å²) in [4.78, 5) is 34.1. The Morgan fingerprint density at radius 3 is 2.72 bits per heavy atom. The number of amides is 2. The van der Waals surface area contributed by atoms with Gasteiger partial charge in [0.15, 0.2) is 5.65 Å². The van der Waals surface area contributed by atoms with Crippen molar-refractivity contribution in [1.82, 2.24) is 24.4 Å². The topological polar surface area (TPSA) is 82.8 Å². The minimum absolute atomic E-state index is 0.121. The van der Waals surface area contributed by atoms with Crippen molar-refractivity contribution < 1.29 is 9.59 Å². The van der Waals surface area contributed by atoms with Gasteiger partial charge < -0.3 is 15.1 Å². The number of hydrogen-bond acceptors (Lipinski definition) is 5. The summed E-state index contributed by atoms with van der Waals surface area (Å²) in [5, 5.41) is 7.95. The maximum atomic E-state index is 13.2. The smallest absolute Gasteiger partial charge is 0.245 e. The molecule has 0 spiro atoms. The van der Waals surface area contributed by atoms with E-state index in [4.69, 9.17) is 0 Å². The number of carbonyl (C=O) groups is 2. The number of nitrogens with one attached hydrogen (secondary N) is 1. The van der Waals surface area contributed by atoms with Gasteiger partial charge in [0.25, 0.3) is 0 Å². The molecule has 1 N–H and O–H groups in total. The molecule has 0 aromatic carbocycles. The van der Waals surface area contributed by atoms with Crippen LogP contribution in [0.3, 0.4) is 0 Å². The molecule has 8 nitrogen and oxygen atoms in total. The van der Waals surface area contributed by atoms with Crippen LogP contribution >= 0.6 is 0 Å². The lowest BCUT2D eigenvalue weighted by Crippen LogP contribution is -2.48. The molecule has 3 aliphatic rings. The molecule has 29 heavy (non-hydrogen) atoms. The molecule has 2 amide bonds. The maximum Gasteiger partial charge on any atom is 0.245 e. The third-order valence-electron chi connectivity index (χ3n) is 6.63. The monoisotopic (exact) mass is 396 g/mol. The average molecular weight is 396 g/mol. The van der Waals surface area contributed by atoms with Gasteiger partial charge in [-0.05, 0) is 44.2 Å². The van der Waals surface area contributed by atoms with Crippen LogP contribution in [-0.4, -0.2) is 67.9 Å². The summed E-state index contributed by atoms with van der Waals surface area (Å²) >= 11 is 0. The third-order valence-corrected chi connectivity index (χ3v) is 6.63. The molecule has 2 unspecified atom stereocenters. The zero-order chi connectivity index (χ0) is 19.8. The summed E-state index contributed by atoms with van der Waals surface area (Å²) in [6.45, 7) is 2.12. The van der Waals surface area contributed by atoms with E-state index in [0.29, 0.717) is 6.54 Å². The van der Waals surface area contributed by atoms with Crippen LogP contribution in [0, 0.1) is 5.92 Å². The van der Waals surface area contributed by atoms with Crippen LogP contribution in [0.1, 0.15) is 44.9 Å². The zero-order valence-corrected chi connectivity index (χ0v) is 16.7. The lowest BCUT2D eigenvalue weighted by Gasteiger charge is -2.29. The van der Waals surface area contributed by atoms with E-state index >= 15 is 0 Å². The molecule has 8 heteroatoms. The first kappa shape index (κ1) is 18.4. The summed E-state index contributed by atoms with van der Waals surface area (Å²) in [5.41, 5.74) is 0.812. The van der Waals surface area contributed by atoms with Gasteiger partial charge in [-0.2, -0.15) is 0 Å². The molecule has 3 fully saturated rings. The molecule has 1 saturated carbocycles. The highest BCUT2D eigenvalue weighted by molar-refractivity contribution is 5.89. The number of carbonyl (C=O) groups excluding carboxylic acids is 2. The highest BCUT2D eigenvalue weighted by Gasteiger charge is 2.40. The maximum absolute atomic E-state index is 13.2. The Morgan fingerprint density at radius 2 is 1.86 bits per heavy atom. The molecule has 2 aliphatic heterocycles. The largest absolute Gasteiger partial charge is 0.364 e. The molecule has 154 valence electrons. The van der Waals surface area contributed by atoms with Gasteiger partial charge in [-0.1, -0.05) is 12.8 Å². The van der Waals surface area contributed by atoms with Gasteiger partial charge in [-0.3, -0.25) is 9.59 Å². The fourth-order valence-corrected chi connectivity index (χ4v) is 5.08. The number of nitrogens with zero attached hydrogens (tertiary/aromatic N) is 5. The summed E-state index contributed by atoms with van der Waals surface area (Å²) in [6, 6.07) is 3.76. The second-order valence-corrected chi connectivity index (χ2v) is 8.53. The minimum atomic E-state index is -0.262. The highest BCUT2D eigenvalue weighted by atomic mass is 16.2. The number of hydrogen-bond donors (Lipinski definition) is 1. The molecule has 0 bridgehead atoms. The van der Waals surface area contributed by atoms with Crippen molar-refractivity contribution in [2.24, 2.45) is 5.92 Å². The Hall–Kier alpha value is -2.64. The van der Waals surface area contributed by atoms with Crippen molar-refractivity contribution in [3.63, 3.8) is 0 Å². The van der Waals surface area contributed by atoms with Crippen molar-refractivity contribution in [2.75, 3.05) is 25.0 Å². The van der Waals surface area contributed by atoms with Crippen molar-refractivity contribution >= 4 is 23.3 Å². The van der Waals surface area contributed by atoms with Gasteiger partial charge in [0.05, 0.1) is 0 Å². The molecule has 2 saturated heterocycles. The second-order valence-electron chi connectivity index (χ2n) is 8.53. The quantitative estimate of drug-likeness (QED) is 0.854. The molecule has 5 rings (SSSR count). The summed E-state index contributed by atoms with van der Waals surface area (Å²) in [7, 11) is 0. The highest BCUT2D eigenvalue weighted by Crippen LogP contribution is 2.30. The van der Waals surface area contributed by atoms with E-state index in [-0.39, 0.29) is 29.8 Å². The number of imidazole rings is 1. The number of likely N-dealkylation sites (tertiary alicyclic amines) is 2. The molecule has 2 atom stereocenters. The summed E-state index contributed by atoms with van der Waals surface area (Å²) < 4.78 is 1.74. The minimum Gasteiger partial charge on any atom is -0.364 e. The fourth-order valence-electron chi connectivity index (χ4n) is 5.08. The summed E-state index contributed by atoms with van der Waals surface area (Å²) in [5.74, 6) is 1.26. The van der Waals surface area contributed by atoms with Gasteiger partial charge in [0, 0.05) is 44.0 Å². The number of fused-ring (bicyclic) bond motifs is 1. The van der Waals surface area contributed by atoms with E-state index in [2.05, 4.69) is 15.4 Å². The van der Waals surface area contributed by atoms with E-state index < -0.39 is 0 Å².